The number of thiocarbonyl (C=S) groups is 1. The highest BCUT2D eigenvalue weighted by molar-refractivity contribution is 7.80. The van der Waals surface area contributed by atoms with Crippen LogP contribution < -0.4 is 10.6 Å². The summed E-state index contributed by atoms with van der Waals surface area (Å²) < 4.78 is 0. The summed E-state index contributed by atoms with van der Waals surface area (Å²) in [7, 11) is 0. The van der Waals surface area contributed by atoms with Gasteiger partial charge in [0.15, 0.2) is 5.11 Å². The first-order chi connectivity index (χ1) is 9.16. The quantitative estimate of drug-likeness (QED) is 0.831. The van der Waals surface area contributed by atoms with Crippen molar-refractivity contribution in [3.8, 4) is 0 Å². The monoisotopic (exact) mass is 290 g/mol. The fourth-order valence-corrected chi connectivity index (χ4v) is 2.08. The molecule has 2 rings (SSSR count). The minimum Gasteiger partial charge on any atom is -0.358 e. The highest BCUT2D eigenvalue weighted by Crippen LogP contribution is 2.20. The lowest BCUT2D eigenvalue weighted by Crippen LogP contribution is -2.28. The molecule has 2 aromatic rings. The zero-order valence-corrected chi connectivity index (χ0v) is 12.2. The SMILES string of the molecule is Cc1ccccc1CNC(=S)Nc1ccccc1Cl. The molecule has 0 amide bonds. The summed E-state index contributed by atoms with van der Waals surface area (Å²) in [6.45, 7) is 2.78. The van der Waals surface area contributed by atoms with Gasteiger partial charge in [-0.25, -0.2) is 0 Å². The zero-order valence-electron chi connectivity index (χ0n) is 10.6. The molecule has 0 aliphatic rings. The smallest absolute Gasteiger partial charge is 0.171 e. The summed E-state index contributed by atoms with van der Waals surface area (Å²) in [4.78, 5) is 0. The molecule has 0 aliphatic heterocycles. The molecule has 0 aliphatic carbocycles. The first-order valence-corrected chi connectivity index (χ1v) is 6.79. The third-order valence-electron chi connectivity index (χ3n) is 2.82. The standard InChI is InChI=1S/C15H15ClN2S/c1-11-6-2-3-7-12(11)10-17-15(19)18-14-9-5-4-8-13(14)16/h2-9H,10H2,1H3,(H2,17,18,19). The number of anilines is 1. The van der Waals surface area contributed by atoms with E-state index < -0.39 is 0 Å². The van der Waals surface area contributed by atoms with E-state index in [2.05, 4.69) is 29.7 Å². The van der Waals surface area contributed by atoms with Crippen molar-refractivity contribution >= 4 is 34.6 Å². The lowest BCUT2D eigenvalue weighted by molar-refractivity contribution is 0.915. The average molecular weight is 291 g/mol. The van der Waals surface area contributed by atoms with Crippen LogP contribution >= 0.6 is 23.8 Å². The maximum absolute atomic E-state index is 6.06. The third kappa shape index (κ3) is 3.94. The van der Waals surface area contributed by atoms with E-state index in [0.29, 0.717) is 16.7 Å². The summed E-state index contributed by atoms with van der Waals surface area (Å²) in [5, 5.41) is 7.49. The lowest BCUT2D eigenvalue weighted by Gasteiger charge is -2.12. The van der Waals surface area contributed by atoms with E-state index in [0.717, 1.165) is 5.69 Å². The molecular weight excluding hydrogens is 276 g/mol. The molecule has 2 nitrogen and oxygen atoms in total. The van der Waals surface area contributed by atoms with Crippen molar-refractivity contribution in [3.05, 3.63) is 64.7 Å². The first kappa shape index (κ1) is 13.8. The van der Waals surface area contributed by atoms with Gasteiger partial charge >= 0.3 is 0 Å². The number of rotatable bonds is 3. The molecule has 0 unspecified atom stereocenters. The van der Waals surface area contributed by atoms with Crippen LogP contribution in [0.15, 0.2) is 48.5 Å². The molecule has 0 fully saturated rings. The Hall–Kier alpha value is -1.58. The largest absolute Gasteiger partial charge is 0.358 e. The predicted octanol–water partition coefficient (Wildman–Crippen LogP) is 4.14. The second-order valence-electron chi connectivity index (χ2n) is 4.21. The Labute approximate surface area is 123 Å². The Balaban J connectivity index is 1.92. The molecule has 98 valence electrons. The molecule has 4 heteroatoms. The van der Waals surface area contributed by atoms with Crippen molar-refractivity contribution in [2.45, 2.75) is 13.5 Å². The number of hydrogen-bond donors (Lipinski definition) is 2. The summed E-state index contributed by atoms with van der Waals surface area (Å²) in [5.74, 6) is 0. The van der Waals surface area contributed by atoms with Gasteiger partial charge in [-0.3, -0.25) is 0 Å². The van der Waals surface area contributed by atoms with Gasteiger partial charge in [0.05, 0.1) is 10.7 Å². The molecule has 0 atom stereocenters. The van der Waals surface area contributed by atoms with Crippen LogP contribution in [-0.4, -0.2) is 5.11 Å². The summed E-state index contributed by atoms with van der Waals surface area (Å²) in [6.07, 6.45) is 0. The van der Waals surface area contributed by atoms with Crippen molar-refractivity contribution in [2.75, 3.05) is 5.32 Å². The van der Waals surface area contributed by atoms with Gasteiger partial charge in [0, 0.05) is 6.54 Å². The van der Waals surface area contributed by atoms with Crippen LogP contribution in [-0.2, 0) is 6.54 Å². The topological polar surface area (TPSA) is 24.1 Å². The van der Waals surface area contributed by atoms with Crippen molar-refractivity contribution in [1.29, 1.82) is 0 Å². The van der Waals surface area contributed by atoms with E-state index in [1.54, 1.807) is 0 Å². The van der Waals surface area contributed by atoms with Crippen molar-refractivity contribution in [1.82, 2.24) is 5.32 Å². The average Bonchev–Trinajstić information content (AvgIpc) is 2.40. The molecular formula is C15H15ClN2S. The Morgan fingerprint density at radius 3 is 2.53 bits per heavy atom. The number of nitrogens with one attached hydrogen (secondary N) is 2. The van der Waals surface area contributed by atoms with E-state index in [-0.39, 0.29) is 0 Å². The second-order valence-corrected chi connectivity index (χ2v) is 5.03. The fraction of sp³-hybridized carbons (Fsp3) is 0.133. The van der Waals surface area contributed by atoms with Crippen LogP contribution in [0.3, 0.4) is 0 Å². The number of hydrogen-bond acceptors (Lipinski definition) is 1. The van der Waals surface area contributed by atoms with Crippen LogP contribution in [0.4, 0.5) is 5.69 Å². The number of halogens is 1. The molecule has 0 saturated heterocycles. The molecule has 0 aromatic heterocycles. The normalized spacial score (nSPS) is 10.0. The number of benzene rings is 2. The van der Waals surface area contributed by atoms with Gasteiger partial charge in [-0.05, 0) is 42.4 Å². The van der Waals surface area contributed by atoms with Crippen molar-refractivity contribution in [3.63, 3.8) is 0 Å². The van der Waals surface area contributed by atoms with Gasteiger partial charge in [-0.15, -0.1) is 0 Å². The van der Waals surface area contributed by atoms with Gasteiger partial charge in [-0.2, -0.15) is 0 Å². The van der Waals surface area contributed by atoms with E-state index in [1.807, 2.05) is 36.4 Å². The zero-order chi connectivity index (χ0) is 13.7. The van der Waals surface area contributed by atoms with Gasteiger partial charge < -0.3 is 10.6 Å². The Morgan fingerprint density at radius 1 is 1.11 bits per heavy atom. The fourth-order valence-electron chi connectivity index (χ4n) is 1.71. The Bertz CT molecular complexity index is 584. The van der Waals surface area contributed by atoms with Crippen LogP contribution in [0.25, 0.3) is 0 Å². The summed E-state index contributed by atoms with van der Waals surface area (Å²) in [5.41, 5.74) is 3.29. The van der Waals surface area contributed by atoms with E-state index in [4.69, 9.17) is 23.8 Å². The Morgan fingerprint density at radius 2 is 1.79 bits per heavy atom. The molecule has 0 saturated carbocycles. The van der Waals surface area contributed by atoms with Crippen molar-refractivity contribution in [2.24, 2.45) is 0 Å². The number of para-hydroxylation sites is 1. The first-order valence-electron chi connectivity index (χ1n) is 6.00. The summed E-state index contributed by atoms with van der Waals surface area (Å²) >= 11 is 11.3. The highest BCUT2D eigenvalue weighted by Gasteiger charge is 2.02. The number of aryl methyl sites for hydroxylation is 1. The molecule has 19 heavy (non-hydrogen) atoms. The van der Waals surface area contributed by atoms with Gasteiger partial charge in [0.2, 0.25) is 0 Å². The maximum atomic E-state index is 6.06. The maximum Gasteiger partial charge on any atom is 0.171 e. The molecule has 0 radical (unpaired) electrons. The molecule has 2 N–H and O–H groups in total. The molecule has 0 bridgehead atoms. The minimum atomic E-state index is 0.566. The van der Waals surface area contributed by atoms with Crippen LogP contribution in [0.5, 0.6) is 0 Å². The van der Waals surface area contributed by atoms with E-state index >= 15 is 0 Å². The second kappa shape index (κ2) is 6.55. The molecule has 2 aromatic carbocycles. The Kier molecular flexibility index (Phi) is 4.77. The van der Waals surface area contributed by atoms with E-state index in [9.17, 15) is 0 Å². The van der Waals surface area contributed by atoms with Gasteiger partial charge in [-0.1, -0.05) is 48.0 Å². The van der Waals surface area contributed by atoms with Crippen molar-refractivity contribution < 1.29 is 0 Å². The van der Waals surface area contributed by atoms with Crippen LogP contribution in [0, 0.1) is 6.92 Å². The highest BCUT2D eigenvalue weighted by atomic mass is 35.5. The third-order valence-corrected chi connectivity index (χ3v) is 3.40. The summed E-state index contributed by atoms with van der Waals surface area (Å²) in [6, 6.07) is 15.7. The van der Waals surface area contributed by atoms with Gasteiger partial charge in [0.25, 0.3) is 0 Å². The van der Waals surface area contributed by atoms with Crippen LogP contribution in [0.1, 0.15) is 11.1 Å². The predicted molar refractivity (Wildman–Crippen MR) is 85.7 cm³/mol. The minimum absolute atomic E-state index is 0.566. The van der Waals surface area contributed by atoms with E-state index in [1.165, 1.54) is 11.1 Å². The molecule has 0 spiro atoms. The van der Waals surface area contributed by atoms with Crippen LogP contribution in [0.2, 0.25) is 5.02 Å². The lowest BCUT2D eigenvalue weighted by atomic mass is 10.1. The molecule has 0 heterocycles. The van der Waals surface area contributed by atoms with Gasteiger partial charge in [0.1, 0.15) is 0 Å².